The Hall–Kier alpha value is -11.1. The third kappa shape index (κ3) is 41.8. The molecule has 7 atom stereocenters. The van der Waals surface area contributed by atoms with E-state index in [2.05, 4.69) is 87.8 Å². The van der Waals surface area contributed by atoms with Crippen molar-refractivity contribution < 1.29 is 47.9 Å². The molecule has 0 aliphatic heterocycles. The van der Waals surface area contributed by atoms with Crippen LogP contribution in [0.25, 0.3) is 10.6 Å². The predicted molar refractivity (Wildman–Crippen MR) is 407 cm³/mol. The summed E-state index contributed by atoms with van der Waals surface area (Å²) in [5, 5.41) is 24.6. The fourth-order valence-corrected chi connectivity index (χ4v) is 11.1. The van der Waals surface area contributed by atoms with Crippen molar-refractivity contribution in [3.05, 3.63) is 29.3 Å². The first-order valence-electron chi connectivity index (χ1n) is 35.2. The van der Waals surface area contributed by atoms with Gasteiger partial charge in [0.25, 0.3) is 5.91 Å². The average Bonchev–Trinajstić information content (AvgIpc) is 1.62. The van der Waals surface area contributed by atoms with Gasteiger partial charge in [0.15, 0.2) is 35.8 Å². The molecule has 42 nitrogen and oxygen atoms in total. The molecular weight excluding hydrogens is 1400 g/mol. The summed E-state index contributed by atoms with van der Waals surface area (Å²) < 4.78 is 0. The van der Waals surface area contributed by atoms with E-state index in [1.165, 1.54) is 11.3 Å². The summed E-state index contributed by atoms with van der Waals surface area (Å²) in [6, 6.07) is -3.81. The lowest BCUT2D eigenvalue weighted by molar-refractivity contribution is -0.135. The molecule has 0 spiro atoms. The van der Waals surface area contributed by atoms with Gasteiger partial charge in [0.1, 0.15) is 42.3 Å². The first-order chi connectivity index (χ1) is 50.5. The highest BCUT2D eigenvalue weighted by molar-refractivity contribution is 7.17. The molecule has 39 N–H and O–H groups in total. The minimum atomic E-state index is -1.47. The van der Waals surface area contributed by atoms with Gasteiger partial charge in [0.2, 0.25) is 59.1 Å². The second-order valence-electron chi connectivity index (χ2n) is 24.6. The van der Waals surface area contributed by atoms with E-state index in [9.17, 15) is 47.9 Å². The number of aromatic nitrogens is 2. The van der Waals surface area contributed by atoms with Crippen LogP contribution in [0, 0.1) is 0 Å². The molecule has 0 fully saturated rings. The highest BCUT2D eigenvalue weighted by atomic mass is 32.1. The summed E-state index contributed by atoms with van der Waals surface area (Å²) >= 11 is 1.28. The highest BCUT2D eigenvalue weighted by Gasteiger charge is 2.34. The van der Waals surface area contributed by atoms with Crippen molar-refractivity contribution in [1.29, 1.82) is 0 Å². The average molecular weight is 1510 g/mol. The van der Waals surface area contributed by atoms with Crippen LogP contribution in [0.4, 0.5) is 5.95 Å². The number of nitrogen functional groups attached to an aromatic ring is 1. The third-order valence-corrected chi connectivity index (χ3v) is 16.7. The quantitative estimate of drug-likeness (QED) is 0.0166. The summed E-state index contributed by atoms with van der Waals surface area (Å²) in [5.41, 5.74) is 84.2. The van der Waals surface area contributed by atoms with Crippen LogP contribution in [0.5, 0.6) is 0 Å². The van der Waals surface area contributed by atoms with Gasteiger partial charge in [-0.3, -0.25) is 77.9 Å². The number of thiophene rings is 1. The standard InChI is InChI=1S/C63H114N32O10S/c64-27-6-5-15-39(88-47(96)22-4-2-8-29-80-56(105)46-25-24-45(106-46)37-26-36-87-63(78)95-37)50(99)79-28-7-1-3-23-48(97)89-40(17-10-31-82-58(68)69)51(100)91-42(19-12-33-84-60(72)73)53(102)93-44(21-14-35-86-62(76)77)55(104)94-43(20-13-34-85-61(74)75)54(103)92-41(18-11-32-83-59(70)71)52(101)90-38(49(65)98)16-9-30-81-57(66)67/h24-26,36,38-44H,1-23,27-35,64H2,(H2,65,98)(H,79,99)(H,80,105)(H,88,96)(H,89,97)(H,90,101)(H,91,100)(H,92,103)(H,93,102)(H,94,104)(H4,66,67,81)(H4,68,69,82)(H4,70,71,83)(H4,72,73,84)(H4,74,75,85)(H4,76,77,86)(H2,78,87,95)/t38-,39-,40-,41-,42-,43-,44-/m1/s1. The van der Waals surface area contributed by atoms with Crippen molar-refractivity contribution in [3.8, 4) is 10.6 Å². The Morgan fingerprint density at radius 3 is 1.05 bits per heavy atom. The van der Waals surface area contributed by atoms with Gasteiger partial charge in [-0.25, -0.2) is 9.97 Å². The largest absolute Gasteiger partial charge is 0.370 e. The van der Waals surface area contributed by atoms with Gasteiger partial charge < -0.3 is 134 Å². The first kappa shape index (κ1) is 90.9. The molecule has 0 saturated carbocycles. The SMILES string of the molecule is NCCCC[C@@H](NC(=O)CCCCCNC(=O)c1ccc(-c2ccnc(N)n2)s1)C(=O)NCCCCCC(=O)N[C@H](CCCN=C(N)N)C(=O)N[C@H](CCCN=C(N)N)C(=O)N[C@H](CCCN=C(N)N)C(=O)N[C@H](CCCN=C(N)N)C(=O)N[C@H](CCCN=C(N)N)C(=O)N[C@H](CCCN=C(N)N)C(N)=O. The van der Waals surface area contributed by atoms with Gasteiger partial charge in [0.05, 0.1) is 15.4 Å². The van der Waals surface area contributed by atoms with E-state index in [1.54, 1.807) is 24.4 Å². The number of unbranched alkanes of at least 4 members (excludes halogenated alkanes) is 5. The molecule has 106 heavy (non-hydrogen) atoms. The minimum Gasteiger partial charge on any atom is -0.370 e. The molecule has 592 valence electrons. The number of guanidine groups is 6. The number of nitrogens with two attached hydrogens (primary N) is 15. The van der Waals surface area contributed by atoms with Crippen molar-refractivity contribution in [3.63, 3.8) is 0 Å². The molecule has 2 aromatic heterocycles. The number of amides is 10. The minimum absolute atomic E-state index is 0.00105. The normalized spacial score (nSPS) is 12.7. The number of primary amides is 1. The maximum atomic E-state index is 14.6. The van der Waals surface area contributed by atoms with Crippen LogP contribution in [0.2, 0.25) is 0 Å². The molecule has 2 aromatic rings. The molecule has 0 aromatic carbocycles. The molecule has 0 saturated heterocycles. The van der Waals surface area contributed by atoms with Gasteiger partial charge in [0, 0.05) is 71.4 Å². The number of nitrogens with zero attached hydrogens (tertiary/aromatic N) is 8. The van der Waals surface area contributed by atoms with Crippen LogP contribution in [0.15, 0.2) is 54.4 Å². The molecule has 0 aliphatic carbocycles. The second-order valence-corrected chi connectivity index (χ2v) is 25.6. The topological polar surface area (TPSA) is 769 Å². The van der Waals surface area contributed by atoms with Crippen molar-refractivity contribution in [2.24, 2.45) is 110 Å². The molecule has 43 heteroatoms. The summed E-state index contributed by atoms with van der Waals surface area (Å²) in [5.74, 6) is -7.92. The molecule has 0 unspecified atom stereocenters. The Morgan fingerprint density at radius 2 is 0.698 bits per heavy atom. The summed E-state index contributed by atoms with van der Waals surface area (Å²) in [4.78, 5) is 171. The Balaban J connectivity index is 2.28. The highest BCUT2D eigenvalue weighted by Crippen LogP contribution is 2.27. The zero-order valence-electron chi connectivity index (χ0n) is 60.2. The van der Waals surface area contributed by atoms with E-state index < -0.39 is 83.6 Å². The summed E-state index contributed by atoms with van der Waals surface area (Å²) in [7, 11) is 0. The first-order valence-corrected chi connectivity index (χ1v) is 36.0. The van der Waals surface area contributed by atoms with Crippen molar-refractivity contribution in [2.45, 2.75) is 190 Å². The number of carbonyl (C=O) groups excluding carboxylic acids is 10. The van der Waals surface area contributed by atoms with E-state index in [0.29, 0.717) is 81.4 Å². The van der Waals surface area contributed by atoms with Crippen molar-refractivity contribution in [1.82, 2.24) is 57.8 Å². The molecule has 0 aliphatic rings. The smallest absolute Gasteiger partial charge is 0.261 e. The van der Waals surface area contributed by atoms with E-state index in [1.807, 2.05) is 0 Å². The van der Waals surface area contributed by atoms with Gasteiger partial charge in [-0.1, -0.05) is 12.8 Å². The van der Waals surface area contributed by atoms with Gasteiger partial charge in [-0.2, -0.15) is 0 Å². The molecular formula is C63H114N32O10S. The number of aliphatic imine (C=N–C) groups is 6. The Labute approximate surface area is 620 Å². The van der Waals surface area contributed by atoms with E-state index in [0.717, 1.165) is 4.88 Å². The lowest BCUT2D eigenvalue weighted by Crippen LogP contribution is -2.59. The molecule has 0 radical (unpaired) electrons. The van der Waals surface area contributed by atoms with Crippen LogP contribution < -0.4 is 134 Å². The van der Waals surface area contributed by atoms with Crippen molar-refractivity contribution in [2.75, 3.05) is 64.6 Å². The number of hydrogen-bond donors (Lipinski definition) is 24. The molecule has 0 bridgehead atoms. The monoisotopic (exact) mass is 1510 g/mol. The number of nitrogens with one attached hydrogen (secondary N) is 9. The van der Waals surface area contributed by atoms with Crippen LogP contribution in [-0.4, -0.2) is 206 Å². The van der Waals surface area contributed by atoms with E-state index in [4.69, 9.17) is 86.0 Å². The van der Waals surface area contributed by atoms with Crippen LogP contribution in [-0.2, 0) is 43.2 Å². The fraction of sp³-hybridized carbons (Fsp3) is 0.619. The van der Waals surface area contributed by atoms with Gasteiger partial charge in [-0.15, -0.1) is 11.3 Å². The van der Waals surface area contributed by atoms with Gasteiger partial charge in [-0.05, 0) is 147 Å². The predicted octanol–water partition coefficient (Wildman–Crippen LogP) is -6.92. The third-order valence-electron chi connectivity index (χ3n) is 15.6. The lowest BCUT2D eigenvalue weighted by Gasteiger charge is -2.27. The number of carbonyl (C=O) groups is 10. The number of rotatable bonds is 56. The van der Waals surface area contributed by atoms with E-state index >= 15 is 0 Å². The lowest BCUT2D eigenvalue weighted by atomic mass is 10.0. The number of hydrogen-bond acceptors (Lipinski definition) is 21. The van der Waals surface area contributed by atoms with Crippen LogP contribution >= 0.6 is 11.3 Å². The number of anilines is 1. The maximum Gasteiger partial charge on any atom is 0.261 e. The van der Waals surface area contributed by atoms with Gasteiger partial charge >= 0.3 is 0 Å². The van der Waals surface area contributed by atoms with E-state index in [-0.39, 0.29) is 195 Å². The fourth-order valence-electron chi connectivity index (χ4n) is 10.2. The Bertz CT molecular complexity index is 3270. The molecule has 10 amide bonds. The Morgan fingerprint density at radius 1 is 0.368 bits per heavy atom. The summed E-state index contributed by atoms with van der Waals surface area (Å²) in [6.07, 6.45) is 6.64. The van der Waals surface area contributed by atoms with Crippen LogP contribution in [0.3, 0.4) is 0 Å². The molecule has 2 heterocycles. The zero-order chi connectivity index (χ0) is 78.8. The summed E-state index contributed by atoms with van der Waals surface area (Å²) in [6.45, 7) is 1.21. The maximum absolute atomic E-state index is 14.6. The zero-order valence-corrected chi connectivity index (χ0v) is 61.0. The second kappa shape index (κ2) is 52.8. The van der Waals surface area contributed by atoms with Crippen LogP contribution in [0.1, 0.15) is 157 Å². The Kier molecular flexibility index (Phi) is 45.3. The molecule has 2 rings (SSSR count). The van der Waals surface area contributed by atoms with Crippen molar-refractivity contribution >= 4 is 112 Å².